The van der Waals surface area contributed by atoms with Crippen LogP contribution in [0.4, 0.5) is 10.7 Å². The van der Waals surface area contributed by atoms with Crippen molar-refractivity contribution in [3.05, 3.63) is 4.88 Å². The van der Waals surface area contributed by atoms with Gasteiger partial charge in [-0.1, -0.05) is 13.8 Å². The van der Waals surface area contributed by atoms with Crippen molar-refractivity contribution in [1.82, 2.24) is 0 Å². The third-order valence-electron chi connectivity index (χ3n) is 3.93. The molecule has 1 aliphatic heterocycles. The largest absolute Gasteiger partial charge is 0.396 e. The van der Waals surface area contributed by atoms with Crippen LogP contribution in [0.5, 0.6) is 0 Å². The Bertz CT molecular complexity index is 664. The summed E-state index contributed by atoms with van der Waals surface area (Å²) in [6.07, 6.45) is 2.11. The fourth-order valence-corrected chi connectivity index (χ4v) is 5.28. The average molecular weight is 331 g/mol. The van der Waals surface area contributed by atoms with E-state index in [0.717, 1.165) is 37.1 Å². The minimum absolute atomic E-state index is 0.0157. The Labute approximate surface area is 129 Å². The van der Waals surface area contributed by atoms with Gasteiger partial charge in [-0.05, 0) is 18.3 Å². The van der Waals surface area contributed by atoms with Crippen molar-refractivity contribution in [1.29, 1.82) is 0 Å². The molecule has 1 aliphatic rings. The molecule has 1 saturated heterocycles. The molecule has 1 atom stereocenters. The van der Waals surface area contributed by atoms with Gasteiger partial charge in [0, 0.05) is 19.3 Å². The number of carbonyl (C=O) groups excluding carboxylic acids is 1. The van der Waals surface area contributed by atoms with Crippen LogP contribution in [0.3, 0.4) is 0 Å². The number of rotatable bonds is 4. The number of thiophene rings is 1. The van der Waals surface area contributed by atoms with E-state index in [4.69, 9.17) is 11.5 Å². The minimum atomic E-state index is -3.52. The Morgan fingerprint density at radius 2 is 2.05 bits per heavy atom. The lowest BCUT2D eigenvalue weighted by molar-refractivity contribution is 0.100. The highest BCUT2D eigenvalue weighted by Gasteiger charge is 2.33. The van der Waals surface area contributed by atoms with Crippen molar-refractivity contribution in [3.8, 4) is 0 Å². The van der Waals surface area contributed by atoms with Gasteiger partial charge in [-0.2, -0.15) is 0 Å². The number of nitrogens with zero attached hydrogens (tertiary/aromatic N) is 1. The van der Waals surface area contributed by atoms with Crippen LogP contribution in [0.15, 0.2) is 4.90 Å². The molecule has 0 radical (unpaired) electrons. The zero-order valence-electron chi connectivity index (χ0n) is 12.4. The Hall–Kier alpha value is -1.28. The smallest absolute Gasteiger partial charge is 0.261 e. The maximum Gasteiger partial charge on any atom is 0.261 e. The first kappa shape index (κ1) is 16.1. The first-order valence-electron chi connectivity index (χ1n) is 6.80. The first-order chi connectivity index (χ1) is 9.62. The van der Waals surface area contributed by atoms with Crippen molar-refractivity contribution < 1.29 is 13.2 Å². The average Bonchev–Trinajstić information content (AvgIpc) is 2.91. The summed E-state index contributed by atoms with van der Waals surface area (Å²) in [6.45, 7) is 5.86. The van der Waals surface area contributed by atoms with Crippen LogP contribution < -0.4 is 16.4 Å². The summed E-state index contributed by atoms with van der Waals surface area (Å²) < 4.78 is 24.1. The van der Waals surface area contributed by atoms with Gasteiger partial charge in [0.25, 0.3) is 5.91 Å². The molecule has 4 N–H and O–H groups in total. The van der Waals surface area contributed by atoms with Crippen LogP contribution in [0.1, 0.15) is 29.9 Å². The second-order valence-corrected chi connectivity index (χ2v) is 8.81. The van der Waals surface area contributed by atoms with Gasteiger partial charge in [0.15, 0.2) is 9.84 Å². The number of nitrogen functional groups attached to an aromatic ring is 1. The van der Waals surface area contributed by atoms with E-state index in [2.05, 4.69) is 13.8 Å². The van der Waals surface area contributed by atoms with Crippen molar-refractivity contribution in [2.24, 2.45) is 17.6 Å². The third kappa shape index (κ3) is 3.01. The minimum Gasteiger partial charge on any atom is -0.396 e. The predicted octanol–water partition coefficient (Wildman–Crippen LogP) is 1.32. The number of hydrogen-bond acceptors (Lipinski definition) is 6. The number of anilines is 2. The van der Waals surface area contributed by atoms with Gasteiger partial charge in [0.2, 0.25) is 0 Å². The summed E-state index contributed by atoms with van der Waals surface area (Å²) in [6, 6.07) is 0. The molecule has 1 unspecified atom stereocenters. The van der Waals surface area contributed by atoms with E-state index in [9.17, 15) is 13.2 Å². The normalized spacial score (nSPS) is 19.4. The number of nitrogens with two attached hydrogens (primary N) is 2. The van der Waals surface area contributed by atoms with Crippen LogP contribution in [0.2, 0.25) is 0 Å². The molecule has 1 fully saturated rings. The van der Waals surface area contributed by atoms with Crippen molar-refractivity contribution in [2.75, 3.05) is 30.0 Å². The fourth-order valence-electron chi connectivity index (χ4n) is 2.68. The molecule has 0 spiro atoms. The molecule has 1 amide bonds. The third-order valence-corrected chi connectivity index (χ3v) is 6.50. The summed E-state index contributed by atoms with van der Waals surface area (Å²) in [4.78, 5) is 13.6. The molecule has 0 saturated carbocycles. The quantitative estimate of drug-likeness (QED) is 0.865. The summed E-state index contributed by atoms with van der Waals surface area (Å²) in [7, 11) is -3.52. The van der Waals surface area contributed by atoms with Gasteiger partial charge in [0.1, 0.15) is 14.8 Å². The van der Waals surface area contributed by atoms with E-state index in [1.165, 1.54) is 0 Å². The number of primary amides is 1. The zero-order valence-corrected chi connectivity index (χ0v) is 14.1. The van der Waals surface area contributed by atoms with Gasteiger partial charge >= 0.3 is 0 Å². The molecule has 0 aliphatic carbocycles. The standard InChI is InChI=1S/C13H21N3O3S2/c1-7(2)8-4-5-16(6-8)13-11(21(3,18)19)9(14)10(20-13)12(15)17/h7-8H,4-6,14H2,1-3H3,(H2,15,17). The van der Waals surface area contributed by atoms with E-state index in [1.807, 2.05) is 4.90 Å². The number of carbonyl (C=O) groups is 1. The van der Waals surface area contributed by atoms with Crippen molar-refractivity contribution in [2.45, 2.75) is 25.2 Å². The molecule has 118 valence electrons. The Morgan fingerprint density at radius 1 is 1.43 bits per heavy atom. The Kier molecular flexibility index (Phi) is 4.21. The lowest BCUT2D eigenvalue weighted by Crippen LogP contribution is -2.22. The number of hydrogen-bond donors (Lipinski definition) is 2. The van der Waals surface area contributed by atoms with E-state index < -0.39 is 15.7 Å². The number of sulfone groups is 1. The monoisotopic (exact) mass is 331 g/mol. The summed E-state index contributed by atoms with van der Waals surface area (Å²) in [5.74, 6) is 0.357. The van der Waals surface area contributed by atoms with E-state index in [0.29, 0.717) is 16.8 Å². The maximum absolute atomic E-state index is 12.0. The van der Waals surface area contributed by atoms with Gasteiger partial charge < -0.3 is 16.4 Å². The molecule has 8 heteroatoms. The van der Waals surface area contributed by atoms with E-state index >= 15 is 0 Å². The molecule has 1 aromatic heterocycles. The lowest BCUT2D eigenvalue weighted by Gasteiger charge is -2.19. The molecule has 0 aromatic carbocycles. The highest BCUT2D eigenvalue weighted by atomic mass is 32.2. The molecular weight excluding hydrogens is 310 g/mol. The molecule has 6 nitrogen and oxygen atoms in total. The topological polar surface area (TPSA) is 106 Å². The highest BCUT2D eigenvalue weighted by molar-refractivity contribution is 7.91. The van der Waals surface area contributed by atoms with Gasteiger partial charge in [-0.15, -0.1) is 11.3 Å². The summed E-state index contributed by atoms with van der Waals surface area (Å²) >= 11 is 1.08. The summed E-state index contributed by atoms with van der Waals surface area (Å²) in [5.41, 5.74) is 11.1. The lowest BCUT2D eigenvalue weighted by atomic mass is 9.95. The molecule has 2 rings (SSSR count). The highest BCUT2D eigenvalue weighted by Crippen LogP contribution is 2.43. The van der Waals surface area contributed by atoms with Crippen molar-refractivity contribution >= 4 is 37.8 Å². The van der Waals surface area contributed by atoms with Crippen LogP contribution in [-0.2, 0) is 9.84 Å². The van der Waals surface area contributed by atoms with Gasteiger partial charge in [-0.3, -0.25) is 4.79 Å². The maximum atomic E-state index is 12.0. The molecule has 21 heavy (non-hydrogen) atoms. The van der Waals surface area contributed by atoms with Crippen LogP contribution in [-0.4, -0.2) is 33.7 Å². The summed E-state index contributed by atoms with van der Waals surface area (Å²) in [5, 5.41) is 0.548. The van der Waals surface area contributed by atoms with E-state index in [1.54, 1.807) is 0 Å². The second-order valence-electron chi connectivity index (χ2n) is 5.85. The Morgan fingerprint density at radius 3 is 2.48 bits per heavy atom. The zero-order chi connectivity index (χ0) is 15.9. The van der Waals surface area contributed by atoms with Crippen LogP contribution >= 0.6 is 11.3 Å². The first-order valence-corrected chi connectivity index (χ1v) is 9.50. The SMILES string of the molecule is CC(C)C1CCN(c2sc(C(N)=O)c(N)c2S(C)(=O)=O)C1. The molecular formula is C13H21N3O3S2. The molecule has 0 bridgehead atoms. The van der Waals surface area contributed by atoms with Gasteiger partial charge in [0.05, 0.1) is 5.69 Å². The van der Waals surface area contributed by atoms with E-state index in [-0.39, 0.29) is 15.5 Å². The molecule has 1 aromatic rings. The number of amides is 1. The van der Waals surface area contributed by atoms with Crippen LogP contribution in [0, 0.1) is 11.8 Å². The molecule has 2 heterocycles. The predicted molar refractivity (Wildman–Crippen MR) is 85.5 cm³/mol. The van der Waals surface area contributed by atoms with Crippen molar-refractivity contribution in [3.63, 3.8) is 0 Å². The van der Waals surface area contributed by atoms with Gasteiger partial charge in [-0.25, -0.2) is 8.42 Å². The second kappa shape index (κ2) is 5.49. The fraction of sp³-hybridized carbons (Fsp3) is 0.615. The Balaban J connectivity index is 2.49. The van der Waals surface area contributed by atoms with Crippen LogP contribution in [0.25, 0.3) is 0 Å².